The van der Waals surface area contributed by atoms with Crippen molar-refractivity contribution in [2.75, 3.05) is 6.54 Å². The van der Waals surface area contributed by atoms with Crippen LogP contribution in [-0.4, -0.2) is 28.7 Å². The van der Waals surface area contributed by atoms with E-state index in [1.807, 2.05) is 0 Å². The first kappa shape index (κ1) is 8.79. The molecule has 1 aliphatic rings. The highest BCUT2D eigenvalue weighted by Gasteiger charge is 2.37. The Morgan fingerprint density at radius 2 is 2.08 bits per heavy atom. The molecule has 1 saturated heterocycles. The van der Waals surface area contributed by atoms with Gasteiger partial charge in [0.2, 0.25) is 5.78 Å². The summed E-state index contributed by atoms with van der Waals surface area (Å²) in [4.78, 5) is 23.5. The van der Waals surface area contributed by atoms with Crippen LogP contribution < -0.4 is 0 Å². The standard InChI is InChI=1S/C9H11NO2/c1-4-9(2,3)10-6-5-7(11)8(10)12/h1H,5-6H2,2-3H3. The summed E-state index contributed by atoms with van der Waals surface area (Å²) in [6.45, 7) is 3.96. The van der Waals surface area contributed by atoms with Crippen LogP contribution in [-0.2, 0) is 9.59 Å². The number of hydrogen-bond donors (Lipinski definition) is 0. The maximum absolute atomic E-state index is 11.2. The van der Waals surface area contributed by atoms with E-state index in [0.717, 1.165) is 0 Å². The van der Waals surface area contributed by atoms with Gasteiger partial charge in [0.25, 0.3) is 5.91 Å². The molecule has 0 aromatic rings. The van der Waals surface area contributed by atoms with E-state index in [4.69, 9.17) is 6.42 Å². The number of nitrogens with zero attached hydrogens (tertiary/aromatic N) is 1. The van der Waals surface area contributed by atoms with Gasteiger partial charge in [-0.1, -0.05) is 5.92 Å². The van der Waals surface area contributed by atoms with E-state index in [1.165, 1.54) is 4.90 Å². The number of hydrogen-bond acceptors (Lipinski definition) is 2. The molecular formula is C9H11NO2. The van der Waals surface area contributed by atoms with Gasteiger partial charge >= 0.3 is 0 Å². The molecule has 3 nitrogen and oxygen atoms in total. The Kier molecular flexibility index (Phi) is 1.93. The van der Waals surface area contributed by atoms with Crippen molar-refractivity contribution in [2.45, 2.75) is 25.8 Å². The molecule has 1 fully saturated rings. The second-order valence-electron chi connectivity index (χ2n) is 3.33. The first-order chi connectivity index (χ1) is 5.49. The van der Waals surface area contributed by atoms with Crippen molar-refractivity contribution in [2.24, 2.45) is 0 Å². The Morgan fingerprint density at radius 3 is 2.42 bits per heavy atom. The zero-order chi connectivity index (χ0) is 9.35. The minimum atomic E-state index is -0.636. The minimum absolute atomic E-state index is 0.296. The summed E-state index contributed by atoms with van der Waals surface area (Å²) in [7, 11) is 0. The number of carbonyl (C=O) groups is 2. The Bertz CT molecular complexity index is 273. The average molecular weight is 165 g/mol. The van der Waals surface area contributed by atoms with Gasteiger partial charge in [0.15, 0.2) is 0 Å². The number of rotatable bonds is 1. The fraction of sp³-hybridized carbons (Fsp3) is 0.556. The quantitative estimate of drug-likeness (QED) is 0.411. The summed E-state index contributed by atoms with van der Waals surface area (Å²) in [6, 6.07) is 0. The third kappa shape index (κ3) is 1.20. The summed E-state index contributed by atoms with van der Waals surface area (Å²) >= 11 is 0. The average Bonchev–Trinajstić information content (AvgIpc) is 2.33. The van der Waals surface area contributed by atoms with E-state index in [2.05, 4.69) is 5.92 Å². The van der Waals surface area contributed by atoms with Crippen LogP contribution >= 0.6 is 0 Å². The van der Waals surface area contributed by atoms with Crippen molar-refractivity contribution in [1.82, 2.24) is 4.90 Å². The van der Waals surface area contributed by atoms with Gasteiger partial charge in [-0.15, -0.1) is 6.42 Å². The van der Waals surface area contributed by atoms with Gasteiger partial charge < -0.3 is 4.90 Å². The van der Waals surface area contributed by atoms with Crippen LogP contribution in [0.1, 0.15) is 20.3 Å². The largest absolute Gasteiger partial charge is 0.320 e. The molecule has 12 heavy (non-hydrogen) atoms. The molecule has 1 rings (SSSR count). The minimum Gasteiger partial charge on any atom is -0.320 e. The lowest BCUT2D eigenvalue weighted by atomic mass is 10.1. The number of terminal acetylenes is 1. The number of likely N-dealkylation sites (tertiary alicyclic amines) is 1. The van der Waals surface area contributed by atoms with Crippen LogP contribution in [0.4, 0.5) is 0 Å². The molecule has 1 amide bonds. The van der Waals surface area contributed by atoms with Gasteiger partial charge in [0.05, 0.1) is 5.54 Å². The summed E-state index contributed by atoms with van der Waals surface area (Å²) in [5.74, 6) is 1.71. The first-order valence-electron chi connectivity index (χ1n) is 3.81. The van der Waals surface area contributed by atoms with Gasteiger partial charge in [-0.2, -0.15) is 0 Å². The maximum atomic E-state index is 11.2. The summed E-state index contributed by atoms with van der Waals surface area (Å²) in [6.07, 6.45) is 5.53. The smallest absolute Gasteiger partial charge is 0.291 e. The lowest BCUT2D eigenvalue weighted by Crippen LogP contribution is -2.44. The number of ketones is 1. The molecule has 0 aromatic heterocycles. The van der Waals surface area contributed by atoms with Gasteiger partial charge in [0.1, 0.15) is 0 Å². The third-order valence-electron chi connectivity index (χ3n) is 2.07. The van der Waals surface area contributed by atoms with E-state index in [0.29, 0.717) is 13.0 Å². The summed E-state index contributed by atoms with van der Waals surface area (Å²) in [5.41, 5.74) is -0.636. The van der Waals surface area contributed by atoms with Gasteiger partial charge in [-0.3, -0.25) is 9.59 Å². The fourth-order valence-corrected chi connectivity index (χ4v) is 1.18. The van der Waals surface area contributed by atoms with Gasteiger partial charge in [-0.25, -0.2) is 0 Å². The Labute approximate surface area is 71.7 Å². The molecule has 0 bridgehead atoms. The zero-order valence-corrected chi connectivity index (χ0v) is 7.26. The molecule has 0 aromatic carbocycles. The third-order valence-corrected chi connectivity index (χ3v) is 2.07. The predicted molar refractivity (Wildman–Crippen MR) is 44.2 cm³/mol. The van der Waals surface area contributed by atoms with E-state index < -0.39 is 11.4 Å². The highest BCUT2D eigenvalue weighted by atomic mass is 16.2. The highest BCUT2D eigenvalue weighted by Crippen LogP contribution is 2.19. The molecule has 0 N–H and O–H groups in total. The summed E-state index contributed by atoms with van der Waals surface area (Å²) < 4.78 is 0. The molecule has 0 unspecified atom stereocenters. The molecular weight excluding hydrogens is 154 g/mol. The molecule has 1 heterocycles. The van der Waals surface area contributed by atoms with E-state index in [1.54, 1.807) is 13.8 Å². The molecule has 0 radical (unpaired) electrons. The Hall–Kier alpha value is -1.30. The molecule has 1 aliphatic heterocycles. The van der Waals surface area contributed by atoms with Gasteiger partial charge in [0, 0.05) is 13.0 Å². The van der Waals surface area contributed by atoms with Crippen LogP contribution in [0.15, 0.2) is 0 Å². The lowest BCUT2D eigenvalue weighted by Gasteiger charge is -2.29. The normalized spacial score (nSPS) is 18.2. The Balaban J connectivity index is 2.87. The van der Waals surface area contributed by atoms with E-state index in [9.17, 15) is 9.59 Å². The van der Waals surface area contributed by atoms with Crippen LogP contribution in [0.5, 0.6) is 0 Å². The predicted octanol–water partition coefficient (Wildman–Crippen LogP) is 0.200. The van der Waals surface area contributed by atoms with E-state index >= 15 is 0 Å². The Morgan fingerprint density at radius 1 is 1.50 bits per heavy atom. The van der Waals surface area contributed by atoms with Crippen molar-refractivity contribution in [3.05, 3.63) is 0 Å². The number of carbonyl (C=O) groups excluding carboxylic acids is 2. The van der Waals surface area contributed by atoms with Crippen molar-refractivity contribution in [3.63, 3.8) is 0 Å². The van der Waals surface area contributed by atoms with Crippen LogP contribution in [0.2, 0.25) is 0 Å². The molecule has 0 saturated carbocycles. The van der Waals surface area contributed by atoms with Crippen LogP contribution in [0.25, 0.3) is 0 Å². The zero-order valence-electron chi connectivity index (χ0n) is 7.26. The molecule has 0 spiro atoms. The maximum Gasteiger partial charge on any atom is 0.291 e. The van der Waals surface area contributed by atoms with Crippen molar-refractivity contribution < 1.29 is 9.59 Å². The van der Waals surface area contributed by atoms with Crippen LogP contribution in [0.3, 0.4) is 0 Å². The molecule has 0 atom stereocenters. The SMILES string of the molecule is C#CC(C)(C)N1CCC(=O)C1=O. The van der Waals surface area contributed by atoms with Gasteiger partial charge in [-0.05, 0) is 13.8 Å². The van der Waals surface area contributed by atoms with Crippen molar-refractivity contribution in [1.29, 1.82) is 0 Å². The van der Waals surface area contributed by atoms with Crippen LogP contribution in [0, 0.1) is 12.3 Å². The van der Waals surface area contributed by atoms with Crippen molar-refractivity contribution in [3.8, 4) is 12.3 Å². The summed E-state index contributed by atoms with van der Waals surface area (Å²) in [5, 5.41) is 0. The van der Waals surface area contributed by atoms with Crippen molar-refractivity contribution >= 4 is 11.7 Å². The second-order valence-corrected chi connectivity index (χ2v) is 3.33. The molecule has 3 heteroatoms. The molecule has 64 valence electrons. The highest BCUT2D eigenvalue weighted by molar-refractivity contribution is 6.38. The fourth-order valence-electron chi connectivity index (χ4n) is 1.18. The van der Waals surface area contributed by atoms with E-state index in [-0.39, 0.29) is 5.78 Å². The number of Topliss-reactive ketones (excluding diaryl/α,β-unsaturated/α-hetero) is 1. The lowest BCUT2D eigenvalue weighted by molar-refractivity contribution is -0.141. The first-order valence-corrected chi connectivity index (χ1v) is 3.81. The molecule has 0 aliphatic carbocycles. The topological polar surface area (TPSA) is 37.4 Å². The number of amides is 1. The monoisotopic (exact) mass is 165 g/mol. The second kappa shape index (κ2) is 2.63.